The van der Waals surface area contributed by atoms with Crippen molar-refractivity contribution in [2.75, 3.05) is 38.1 Å². The first-order valence-corrected chi connectivity index (χ1v) is 12.3. The van der Waals surface area contributed by atoms with E-state index in [0.717, 1.165) is 54.8 Å². The van der Waals surface area contributed by atoms with E-state index in [1.165, 1.54) is 37.3 Å². The third-order valence-electron chi connectivity index (χ3n) is 6.76. The van der Waals surface area contributed by atoms with E-state index >= 15 is 0 Å². The van der Waals surface area contributed by atoms with E-state index in [-0.39, 0.29) is 11.9 Å². The molecule has 2 aromatic heterocycles. The molecule has 3 aliphatic rings. The predicted octanol–water partition coefficient (Wildman–Crippen LogP) is 3.81. The number of piperidine rings is 2. The normalized spacial score (nSPS) is 25.0. The fourth-order valence-electron chi connectivity index (χ4n) is 5.09. The number of ether oxygens (including phenoxy) is 1. The number of nitrogens with one attached hydrogen (secondary N) is 1. The molecule has 0 saturated carbocycles. The van der Waals surface area contributed by atoms with E-state index in [0.29, 0.717) is 17.5 Å². The molecule has 0 radical (unpaired) electrons. The highest BCUT2D eigenvalue weighted by Gasteiger charge is 2.30. The van der Waals surface area contributed by atoms with Crippen LogP contribution in [-0.4, -0.2) is 64.5 Å². The van der Waals surface area contributed by atoms with E-state index in [1.807, 2.05) is 17.0 Å². The summed E-state index contributed by atoms with van der Waals surface area (Å²) in [6.07, 6.45) is 9.14. The SMILES string of the molecule is C[C@@H]1CCCN(C2CCN(C(=O)c3cnc(NC4CCOc5cccnc54)s3)CC2)C1. The van der Waals surface area contributed by atoms with Crippen molar-refractivity contribution < 1.29 is 9.53 Å². The van der Waals surface area contributed by atoms with Crippen molar-refractivity contribution in [3.63, 3.8) is 0 Å². The molecule has 8 heteroatoms. The summed E-state index contributed by atoms with van der Waals surface area (Å²) in [5, 5.41) is 4.22. The van der Waals surface area contributed by atoms with E-state index < -0.39 is 0 Å². The van der Waals surface area contributed by atoms with Gasteiger partial charge in [-0.15, -0.1) is 0 Å². The third kappa shape index (κ3) is 4.55. The molecule has 2 aromatic rings. The minimum absolute atomic E-state index is 0.0572. The molecule has 1 N–H and O–H groups in total. The molecule has 3 aliphatic heterocycles. The van der Waals surface area contributed by atoms with E-state index in [2.05, 4.69) is 27.1 Å². The largest absolute Gasteiger partial charge is 0.491 e. The maximum absolute atomic E-state index is 13.1. The topological polar surface area (TPSA) is 70.6 Å². The van der Waals surface area contributed by atoms with Crippen LogP contribution < -0.4 is 10.1 Å². The molecule has 166 valence electrons. The number of pyridine rings is 1. The van der Waals surface area contributed by atoms with Crippen molar-refractivity contribution in [2.24, 2.45) is 5.92 Å². The van der Waals surface area contributed by atoms with Crippen LogP contribution in [0.2, 0.25) is 0 Å². The molecule has 0 aliphatic carbocycles. The van der Waals surface area contributed by atoms with Crippen molar-refractivity contribution in [2.45, 2.75) is 51.1 Å². The Balaban J connectivity index is 1.18. The van der Waals surface area contributed by atoms with Crippen LogP contribution in [0, 0.1) is 5.92 Å². The Kier molecular flexibility index (Phi) is 6.09. The van der Waals surface area contributed by atoms with Crippen molar-refractivity contribution in [1.29, 1.82) is 0 Å². The molecule has 2 saturated heterocycles. The molecule has 7 nitrogen and oxygen atoms in total. The smallest absolute Gasteiger partial charge is 0.265 e. The van der Waals surface area contributed by atoms with Gasteiger partial charge in [-0.3, -0.25) is 14.7 Å². The second-order valence-corrected chi connectivity index (χ2v) is 10.0. The molecule has 1 amide bonds. The van der Waals surface area contributed by atoms with Crippen LogP contribution in [0.1, 0.15) is 60.4 Å². The standard InChI is InChI=1S/C23H31N5O2S/c1-16-4-3-10-28(15-16)17-6-11-27(12-7-17)22(29)20-14-25-23(31-20)26-18-8-13-30-19-5-2-9-24-21(18)19/h2,5,9,14,16-18H,3-4,6-8,10-13,15H2,1H3,(H,25,26)/t16-,18?/m1/s1. The zero-order valence-electron chi connectivity index (χ0n) is 18.1. The number of hydrogen-bond donors (Lipinski definition) is 1. The average molecular weight is 442 g/mol. The Hall–Kier alpha value is -2.19. The van der Waals surface area contributed by atoms with Crippen LogP contribution >= 0.6 is 11.3 Å². The highest BCUT2D eigenvalue weighted by atomic mass is 32.1. The first kappa shape index (κ1) is 20.7. The number of aromatic nitrogens is 2. The number of likely N-dealkylation sites (tertiary alicyclic amines) is 2. The Labute approximate surface area is 187 Å². The maximum Gasteiger partial charge on any atom is 0.265 e. The highest BCUT2D eigenvalue weighted by Crippen LogP contribution is 2.34. The third-order valence-corrected chi connectivity index (χ3v) is 7.68. The lowest BCUT2D eigenvalue weighted by Gasteiger charge is -2.41. The number of fused-ring (bicyclic) bond motifs is 1. The van der Waals surface area contributed by atoms with Crippen LogP contribution in [0.15, 0.2) is 24.5 Å². The van der Waals surface area contributed by atoms with Gasteiger partial charge in [0.2, 0.25) is 0 Å². The Morgan fingerprint density at radius 1 is 1.19 bits per heavy atom. The molecule has 0 aromatic carbocycles. The summed E-state index contributed by atoms with van der Waals surface area (Å²) in [6, 6.07) is 4.52. The molecule has 0 bridgehead atoms. The molecule has 5 rings (SSSR count). The van der Waals surface area contributed by atoms with Gasteiger partial charge in [-0.05, 0) is 50.3 Å². The number of nitrogens with zero attached hydrogens (tertiary/aromatic N) is 4. The summed E-state index contributed by atoms with van der Waals surface area (Å²) in [7, 11) is 0. The van der Waals surface area contributed by atoms with Gasteiger partial charge in [0.15, 0.2) is 5.13 Å². The molecule has 1 unspecified atom stereocenters. The van der Waals surface area contributed by atoms with Crippen LogP contribution in [-0.2, 0) is 0 Å². The van der Waals surface area contributed by atoms with Gasteiger partial charge in [-0.25, -0.2) is 4.98 Å². The lowest BCUT2D eigenvalue weighted by atomic mass is 9.95. The summed E-state index contributed by atoms with van der Waals surface area (Å²) in [4.78, 5) is 27.4. The van der Waals surface area contributed by atoms with E-state index in [9.17, 15) is 4.79 Å². The molecular weight excluding hydrogens is 410 g/mol. The number of hydrogen-bond acceptors (Lipinski definition) is 7. The molecular formula is C23H31N5O2S. The van der Waals surface area contributed by atoms with Gasteiger partial charge in [0.25, 0.3) is 5.91 Å². The van der Waals surface area contributed by atoms with Crippen LogP contribution in [0.3, 0.4) is 0 Å². The zero-order chi connectivity index (χ0) is 21.2. The van der Waals surface area contributed by atoms with Gasteiger partial charge < -0.3 is 15.0 Å². The lowest BCUT2D eigenvalue weighted by Crippen LogP contribution is -2.49. The fraction of sp³-hybridized carbons (Fsp3) is 0.609. The fourth-order valence-corrected chi connectivity index (χ4v) is 5.92. The Morgan fingerprint density at radius 2 is 2.06 bits per heavy atom. The number of rotatable bonds is 4. The zero-order valence-corrected chi connectivity index (χ0v) is 18.9. The van der Waals surface area contributed by atoms with Gasteiger partial charge >= 0.3 is 0 Å². The highest BCUT2D eigenvalue weighted by molar-refractivity contribution is 7.17. The Morgan fingerprint density at radius 3 is 2.90 bits per heavy atom. The second kappa shape index (κ2) is 9.12. The molecule has 0 spiro atoms. The molecule has 31 heavy (non-hydrogen) atoms. The van der Waals surface area contributed by atoms with Gasteiger partial charge in [0, 0.05) is 38.3 Å². The number of carbonyl (C=O) groups is 1. The number of carbonyl (C=O) groups excluding carboxylic acids is 1. The number of amides is 1. The number of anilines is 1. The maximum atomic E-state index is 13.1. The first-order chi connectivity index (χ1) is 15.2. The first-order valence-electron chi connectivity index (χ1n) is 11.5. The summed E-state index contributed by atoms with van der Waals surface area (Å²) in [6.45, 7) is 7.12. The second-order valence-electron chi connectivity index (χ2n) is 9.02. The van der Waals surface area contributed by atoms with E-state index in [1.54, 1.807) is 12.4 Å². The molecule has 2 fully saturated rings. The van der Waals surface area contributed by atoms with Gasteiger partial charge in [-0.2, -0.15) is 0 Å². The van der Waals surface area contributed by atoms with E-state index in [4.69, 9.17) is 4.74 Å². The minimum Gasteiger partial charge on any atom is -0.491 e. The summed E-state index contributed by atoms with van der Waals surface area (Å²) in [5.41, 5.74) is 0.908. The molecule has 5 heterocycles. The van der Waals surface area contributed by atoms with Crippen molar-refractivity contribution in [3.05, 3.63) is 35.1 Å². The van der Waals surface area contributed by atoms with Crippen LogP contribution in [0.25, 0.3) is 0 Å². The van der Waals surface area contributed by atoms with Crippen LogP contribution in [0.4, 0.5) is 5.13 Å². The predicted molar refractivity (Wildman–Crippen MR) is 122 cm³/mol. The quantitative estimate of drug-likeness (QED) is 0.778. The summed E-state index contributed by atoms with van der Waals surface area (Å²) < 4.78 is 5.69. The average Bonchev–Trinajstić information content (AvgIpc) is 3.27. The van der Waals surface area contributed by atoms with Gasteiger partial charge in [-0.1, -0.05) is 18.3 Å². The van der Waals surface area contributed by atoms with Crippen molar-refractivity contribution in [3.8, 4) is 5.75 Å². The summed E-state index contributed by atoms with van der Waals surface area (Å²) >= 11 is 1.44. The Bertz CT molecular complexity index is 911. The van der Waals surface area contributed by atoms with Crippen LogP contribution in [0.5, 0.6) is 5.75 Å². The van der Waals surface area contributed by atoms with Crippen molar-refractivity contribution in [1.82, 2.24) is 19.8 Å². The summed E-state index contributed by atoms with van der Waals surface area (Å²) in [5.74, 6) is 1.74. The number of thiazole rings is 1. The monoisotopic (exact) mass is 441 g/mol. The van der Waals surface area contributed by atoms with Gasteiger partial charge in [0.1, 0.15) is 16.3 Å². The minimum atomic E-state index is 0.0572. The molecule has 2 atom stereocenters. The van der Waals surface area contributed by atoms with Crippen molar-refractivity contribution >= 4 is 22.4 Å². The van der Waals surface area contributed by atoms with Gasteiger partial charge in [0.05, 0.1) is 18.8 Å². The lowest BCUT2D eigenvalue weighted by molar-refractivity contribution is 0.0545.